The van der Waals surface area contributed by atoms with E-state index in [0.717, 1.165) is 84.2 Å². The lowest BCUT2D eigenvalue weighted by molar-refractivity contribution is 0.320. The molecule has 0 fully saturated rings. The van der Waals surface area contributed by atoms with Crippen molar-refractivity contribution in [3.63, 3.8) is 0 Å². The molecule has 19 rings (SSSR count). The number of aryl methyl sites for hydroxylation is 21. The van der Waals surface area contributed by atoms with Crippen molar-refractivity contribution in [2.24, 2.45) is 7.05 Å². The third-order valence-corrected chi connectivity index (χ3v) is 25.8. The largest absolute Gasteiger partial charge is 0.497 e. The van der Waals surface area contributed by atoms with Crippen molar-refractivity contribution < 1.29 is 36.3 Å². The minimum atomic E-state index is -0.801. The number of aromatic nitrogens is 7. The molecule has 12 nitrogen and oxygen atoms in total. The molecule has 5 heterocycles. The molecule has 0 bridgehead atoms. The average molecular weight is 2070 g/mol. The van der Waals surface area contributed by atoms with Crippen LogP contribution in [0, 0.1) is 135 Å². The minimum Gasteiger partial charge on any atom is -0.497 e. The predicted molar refractivity (Wildman–Crippen MR) is 622 cm³/mol. The maximum Gasteiger partial charge on any atom is 0.167 e. The minimum absolute atomic E-state index is 0.132. The lowest BCUT2D eigenvalue weighted by Gasteiger charge is -2.04. The van der Waals surface area contributed by atoms with Gasteiger partial charge in [-0.25, -0.2) is 13.2 Å². The van der Waals surface area contributed by atoms with Crippen LogP contribution in [0.2, 0.25) is 15.1 Å². The summed E-state index contributed by atoms with van der Waals surface area (Å²) in [4.78, 5) is 12.1. The topological polar surface area (TPSA) is 148 Å². The Morgan fingerprint density at radius 1 is 0.390 bits per heavy atom. The van der Waals surface area contributed by atoms with Gasteiger partial charge < -0.3 is 33.9 Å². The molecule has 0 saturated heterocycles. The van der Waals surface area contributed by atoms with Crippen LogP contribution in [0.4, 0.5) is 13.2 Å². The van der Waals surface area contributed by atoms with Gasteiger partial charge in [0.25, 0.3) is 0 Å². The molecule has 0 aliphatic carbocycles. The molecule has 0 amide bonds. The van der Waals surface area contributed by atoms with Crippen molar-refractivity contribution in [2.45, 2.75) is 195 Å². The zero-order valence-corrected chi connectivity index (χ0v) is 94.2. The molecule has 0 aliphatic rings. The number of rotatable bonds is 13. The van der Waals surface area contributed by atoms with Gasteiger partial charge in [0.05, 0.1) is 60.5 Å². The van der Waals surface area contributed by atoms with Gasteiger partial charge in [-0.1, -0.05) is 254 Å². The summed E-state index contributed by atoms with van der Waals surface area (Å²) in [5.74, 6) is 3.35. The van der Waals surface area contributed by atoms with Gasteiger partial charge in [0.15, 0.2) is 23.1 Å². The summed E-state index contributed by atoms with van der Waals surface area (Å²) in [5.41, 5.74) is 30.0. The second kappa shape index (κ2) is 64.8. The van der Waals surface area contributed by atoms with Crippen LogP contribution in [0.15, 0.2) is 314 Å². The smallest absolute Gasteiger partial charge is 0.167 e. The van der Waals surface area contributed by atoms with E-state index in [4.69, 9.17) is 53.8 Å². The Hall–Kier alpha value is -13.0. The van der Waals surface area contributed by atoms with Crippen LogP contribution in [0.1, 0.15) is 159 Å². The van der Waals surface area contributed by atoms with Crippen molar-refractivity contribution >= 4 is 112 Å². The Morgan fingerprint density at radius 3 is 1.40 bits per heavy atom. The quantitative estimate of drug-likeness (QED) is 0.0835. The maximum atomic E-state index is 13.1. The maximum absolute atomic E-state index is 13.1. The molecule has 0 spiro atoms. The highest BCUT2D eigenvalue weighted by Gasteiger charge is 2.10. The van der Waals surface area contributed by atoms with E-state index in [0.29, 0.717) is 40.0 Å². The SMILES string of the molecule is CCCc1c[nH]c2ccc(C)cc12.CCOc1cccc(C)c1F.CCS(=O)c1cccc(C)c1.CCSc1cccc(C)c1.CCc1c[nH]c2ccc(C)cc12.CCc1cccc(C)c1.COc1cc(C)cc(Cl)c1.COc1cc(C)ccc1Cl.COc1cc(C)ccc1F.Cc1ccc2[nH]cc(C)c2c1.Cc1ccc2c(c1)c(C)nn2C.Cc1ccc2n[nH]c(C)c2c1.Cc1ccccc1Cl.Cc1ccccc1F. The highest BCUT2D eigenvalue weighted by molar-refractivity contribution is 7.99. The van der Waals surface area contributed by atoms with E-state index in [2.05, 4.69) is 259 Å². The fourth-order valence-electron chi connectivity index (χ4n) is 14.6. The molecular formula is C126H149Cl3F3N7O5S2. The van der Waals surface area contributed by atoms with Gasteiger partial charge in [0.1, 0.15) is 17.3 Å². The highest BCUT2D eigenvalue weighted by atomic mass is 35.5. The first-order valence-corrected chi connectivity index (χ1v) is 52.6. The number of aromatic amines is 4. The normalized spacial score (nSPS) is 10.3. The first-order chi connectivity index (χ1) is 69.8. The molecule has 14 aromatic carbocycles. The first-order valence-electron chi connectivity index (χ1n) is 49.2. The van der Waals surface area contributed by atoms with Crippen LogP contribution in [0.3, 0.4) is 0 Å². The van der Waals surface area contributed by atoms with E-state index in [1.807, 2.05) is 183 Å². The van der Waals surface area contributed by atoms with Crippen LogP contribution in [-0.2, 0) is 37.1 Å². The van der Waals surface area contributed by atoms with E-state index < -0.39 is 10.8 Å². The summed E-state index contributed by atoms with van der Waals surface area (Å²) in [6, 6.07) is 92.9. The molecule has 772 valence electrons. The van der Waals surface area contributed by atoms with Crippen LogP contribution < -0.4 is 18.9 Å². The second-order valence-electron chi connectivity index (χ2n) is 35.3. The zero-order chi connectivity index (χ0) is 107. The van der Waals surface area contributed by atoms with Crippen molar-refractivity contribution in [3.8, 4) is 23.0 Å². The molecule has 1 atom stereocenters. The number of nitrogens with zero attached hydrogens (tertiary/aromatic N) is 3. The molecule has 0 aliphatic heterocycles. The van der Waals surface area contributed by atoms with Gasteiger partial charge in [-0.15, -0.1) is 11.8 Å². The molecule has 146 heavy (non-hydrogen) atoms. The lowest BCUT2D eigenvalue weighted by Crippen LogP contribution is -1.95. The highest BCUT2D eigenvalue weighted by Crippen LogP contribution is 2.29. The summed E-state index contributed by atoms with van der Waals surface area (Å²) < 4.78 is 71.0. The number of halogens is 6. The number of nitrogens with one attached hydrogen (secondary N) is 4. The Morgan fingerprint density at radius 2 is 0.890 bits per heavy atom. The number of benzene rings is 14. The van der Waals surface area contributed by atoms with E-state index in [1.165, 1.54) is 153 Å². The third-order valence-electron chi connectivity index (χ3n) is 22.7. The van der Waals surface area contributed by atoms with E-state index in [1.54, 1.807) is 76.6 Å². The summed E-state index contributed by atoms with van der Waals surface area (Å²) in [5, 5.41) is 20.2. The van der Waals surface area contributed by atoms with Crippen LogP contribution in [0.25, 0.3) is 54.5 Å². The van der Waals surface area contributed by atoms with Crippen LogP contribution in [0.5, 0.6) is 23.0 Å². The Bertz CT molecular complexity index is 6970. The molecule has 0 saturated carbocycles. The Kier molecular flexibility index (Phi) is 54.0. The Labute approximate surface area is 888 Å². The van der Waals surface area contributed by atoms with E-state index in [-0.39, 0.29) is 17.5 Å². The van der Waals surface area contributed by atoms with Gasteiger partial charge >= 0.3 is 0 Å². The predicted octanol–water partition coefficient (Wildman–Crippen LogP) is 36.2. The number of thioether (sulfide) groups is 1. The van der Waals surface area contributed by atoms with Crippen LogP contribution >= 0.6 is 46.6 Å². The van der Waals surface area contributed by atoms with Gasteiger partial charge in [-0.3, -0.25) is 14.0 Å². The van der Waals surface area contributed by atoms with E-state index in [9.17, 15) is 17.4 Å². The average Bonchev–Trinajstić information content (AvgIpc) is 1.65. The third kappa shape index (κ3) is 42.2. The standard InChI is InChI=1S/C12H15N.C11H13N.C10H12N2.C10H11N.C9H11FO.C9H10N2.C9H12OS.C9H12S.C9H12.2C8H9ClO.C8H9FO.C7H7Cl.C7H7F/c1-3-4-10-8-13-12-6-5-9(2)7-11(10)12;1-3-9-7-12-11-5-4-8(2)6-10(9)11;1-7-4-5-10-9(6-7)8(2)11-12(10)3;1-7-3-4-10-9(5-7)8(2)6-11-10;1-3-11-8-6-4-5-7(2)9(8)10;1-6-3-4-9-8(5-6)7(2)10-11-9;1-3-11(10)9-6-4-5-8(2)7-9;1-3-10-9-6-4-5-8(2)7-9;1-3-9-6-4-5-8(2)7-9;1-6-3-7(9)5-8(4-6)10-2;2*1-6-3-4-7(9)8(5-6)10-2;2*1-6-4-2-3-5-7(6)8/h5-8,13H,3-4H2,1-2H3;4-7,12H,3H2,1-2H3;4-6H,1-3H3;3-6,11H,1-2H3;4-6H,3H2,1-2H3;3-5H,1-2H3,(H,10,11);4-7H,3H2,1-2H3;4-7H,3H2,1-2H3;4-7H,3H2,1-2H3;3*3-5H,1-2H3;2*2-5H,1H3. The summed E-state index contributed by atoms with van der Waals surface area (Å²) in [7, 11) is 5.87. The molecule has 20 heteroatoms. The molecule has 0 radical (unpaired) electrons. The number of methoxy groups -OCH3 is 3. The first kappa shape index (κ1) is 122. The Balaban J connectivity index is 0.000000241. The van der Waals surface area contributed by atoms with Crippen molar-refractivity contribution in [1.82, 2.24) is 34.9 Å². The number of hydrogen-bond acceptors (Lipinski definition) is 8. The number of ether oxygens (including phenoxy) is 4. The van der Waals surface area contributed by atoms with Gasteiger partial charge in [0, 0.05) is 100 Å². The van der Waals surface area contributed by atoms with Gasteiger partial charge in [0.2, 0.25) is 0 Å². The lowest BCUT2D eigenvalue weighted by atomic mass is 10.1. The molecule has 4 N–H and O–H groups in total. The fourth-order valence-corrected chi connectivity index (χ4v) is 16.9. The number of H-pyrrole nitrogens is 4. The number of hydrogen-bond donors (Lipinski definition) is 4. The zero-order valence-electron chi connectivity index (χ0n) is 90.3. The molecule has 1 unspecified atom stereocenters. The summed E-state index contributed by atoms with van der Waals surface area (Å²) in [6.45, 7) is 47.4. The summed E-state index contributed by atoms with van der Waals surface area (Å²) in [6.07, 6.45) is 10.9. The van der Waals surface area contributed by atoms with Gasteiger partial charge in [-0.05, 0) is 356 Å². The molecule has 19 aromatic rings. The van der Waals surface area contributed by atoms with Crippen molar-refractivity contribution in [2.75, 3.05) is 39.4 Å². The molecule has 5 aromatic heterocycles. The van der Waals surface area contributed by atoms with Gasteiger partial charge in [-0.2, -0.15) is 10.2 Å². The van der Waals surface area contributed by atoms with Crippen LogP contribution in [-0.4, -0.2) is 78.6 Å². The number of fused-ring (bicyclic) bond motifs is 5. The molecular weight excluding hydrogens is 1920 g/mol. The second-order valence-corrected chi connectivity index (χ2v) is 39.6. The van der Waals surface area contributed by atoms with Crippen molar-refractivity contribution in [3.05, 3.63) is 448 Å². The monoisotopic (exact) mass is 2070 g/mol. The van der Waals surface area contributed by atoms with Crippen molar-refractivity contribution in [1.29, 1.82) is 0 Å². The fraction of sp³-hybridized carbons (Fsp3) is 0.270. The summed E-state index contributed by atoms with van der Waals surface area (Å²) >= 11 is 19.1. The van der Waals surface area contributed by atoms with E-state index >= 15 is 0 Å².